The monoisotopic (exact) mass is 224 g/mol. The maximum absolute atomic E-state index is 12.1. The summed E-state index contributed by atoms with van der Waals surface area (Å²) in [5, 5.41) is 0. The Morgan fingerprint density at radius 3 is 2.57 bits per heavy atom. The Balaban J connectivity index is 0.000000980. The van der Waals surface area contributed by atoms with Gasteiger partial charge in [0.25, 0.3) is 0 Å². The Labute approximate surface area is 82.0 Å². The fourth-order valence-corrected chi connectivity index (χ4v) is 0.873. The first-order valence-electron chi connectivity index (χ1n) is 3.31. The van der Waals surface area contributed by atoms with Gasteiger partial charge in [0, 0.05) is 0 Å². The topological polar surface area (TPSA) is 54.5 Å². The molecule has 0 fully saturated rings. The predicted molar refractivity (Wildman–Crippen MR) is 43.9 cm³/mol. The molecule has 0 amide bonds. The van der Waals surface area contributed by atoms with Gasteiger partial charge in [-0.1, -0.05) is 0 Å². The molecule has 0 saturated heterocycles. The van der Waals surface area contributed by atoms with Crippen molar-refractivity contribution in [1.82, 2.24) is 19.9 Å². The number of nitrogens with one attached hydrogen (secondary N) is 1. The van der Waals surface area contributed by atoms with Gasteiger partial charge in [-0.3, -0.25) is 0 Å². The Bertz CT molecular complexity index is 438. The van der Waals surface area contributed by atoms with Crippen LogP contribution in [-0.2, 0) is 6.18 Å². The average molecular weight is 225 g/mol. The summed E-state index contributed by atoms with van der Waals surface area (Å²) in [6.45, 7) is 0. The summed E-state index contributed by atoms with van der Waals surface area (Å²) in [5.74, 6) is -1.17. The van der Waals surface area contributed by atoms with Crippen LogP contribution in [0.15, 0.2) is 12.5 Å². The number of nitrogens with zero attached hydrogens (tertiary/aromatic N) is 3. The van der Waals surface area contributed by atoms with Gasteiger partial charge in [0.1, 0.15) is 5.52 Å². The summed E-state index contributed by atoms with van der Waals surface area (Å²) < 4.78 is 36.2. The van der Waals surface area contributed by atoms with Gasteiger partial charge in [0.15, 0.2) is 5.65 Å². The van der Waals surface area contributed by atoms with Crippen molar-refractivity contribution in [3.63, 3.8) is 0 Å². The second-order valence-electron chi connectivity index (χ2n) is 2.33. The van der Waals surface area contributed by atoms with E-state index < -0.39 is 12.0 Å². The molecule has 0 aliphatic carbocycles. The molecular formula is C6H4ClF3N4. The van der Waals surface area contributed by atoms with Gasteiger partial charge >= 0.3 is 6.18 Å². The van der Waals surface area contributed by atoms with E-state index in [1.165, 1.54) is 6.33 Å². The highest BCUT2D eigenvalue weighted by atomic mass is 35.5. The Hall–Kier alpha value is -1.37. The lowest BCUT2D eigenvalue weighted by Crippen LogP contribution is -2.10. The van der Waals surface area contributed by atoms with Crippen LogP contribution in [0.4, 0.5) is 13.2 Å². The fourth-order valence-electron chi connectivity index (χ4n) is 0.873. The van der Waals surface area contributed by atoms with Crippen LogP contribution in [0.3, 0.4) is 0 Å². The van der Waals surface area contributed by atoms with Crippen molar-refractivity contribution >= 4 is 23.6 Å². The highest BCUT2D eigenvalue weighted by Gasteiger charge is 2.34. The molecule has 2 heterocycles. The molecule has 2 aromatic rings. The van der Waals surface area contributed by atoms with E-state index in [0.717, 1.165) is 6.20 Å². The number of alkyl halides is 3. The largest absolute Gasteiger partial charge is 0.451 e. The maximum Gasteiger partial charge on any atom is 0.451 e. The van der Waals surface area contributed by atoms with Crippen molar-refractivity contribution < 1.29 is 13.2 Å². The first kappa shape index (κ1) is 10.7. The lowest BCUT2D eigenvalue weighted by Gasteiger charge is -2.02. The number of fused-ring (bicyclic) bond motifs is 1. The minimum Gasteiger partial charge on any atom is -0.342 e. The summed E-state index contributed by atoms with van der Waals surface area (Å²) in [6, 6.07) is 0. The molecule has 8 heteroatoms. The molecule has 0 radical (unpaired) electrons. The molecule has 4 nitrogen and oxygen atoms in total. The standard InChI is InChI=1S/C6H3F3N4.ClH/c7-6(8,9)5-10-1-3-4(13-5)12-2-11-3;/h1-2H,(H,10,11,12,13);1H. The van der Waals surface area contributed by atoms with Gasteiger partial charge in [-0.05, 0) is 0 Å². The molecule has 0 unspecified atom stereocenters. The van der Waals surface area contributed by atoms with Crippen LogP contribution in [0.5, 0.6) is 0 Å². The first-order valence-corrected chi connectivity index (χ1v) is 3.31. The summed E-state index contributed by atoms with van der Waals surface area (Å²) >= 11 is 0. The zero-order chi connectivity index (χ0) is 9.47. The Morgan fingerprint density at radius 1 is 1.21 bits per heavy atom. The van der Waals surface area contributed by atoms with Gasteiger partial charge in [-0.15, -0.1) is 12.4 Å². The first-order chi connectivity index (χ1) is 6.07. The molecule has 1 N–H and O–H groups in total. The smallest absolute Gasteiger partial charge is 0.342 e. The molecule has 76 valence electrons. The second kappa shape index (κ2) is 3.41. The molecule has 0 aromatic carbocycles. The van der Waals surface area contributed by atoms with E-state index in [1.54, 1.807) is 0 Å². The molecule has 0 saturated carbocycles. The van der Waals surface area contributed by atoms with Gasteiger partial charge in [-0.2, -0.15) is 13.2 Å². The third-order valence-electron chi connectivity index (χ3n) is 1.43. The summed E-state index contributed by atoms with van der Waals surface area (Å²) in [4.78, 5) is 12.6. The van der Waals surface area contributed by atoms with Crippen molar-refractivity contribution in [2.45, 2.75) is 6.18 Å². The minimum atomic E-state index is -4.52. The van der Waals surface area contributed by atoms with Gasteiger partial charge in [0.2, 0.25) is 5.82 Å². The number of rotatable bonds is 0. The van der Waals surface area contributed by atoms with Crippen molar-refractivity contribution in [2.75, 3.05) is 0 Å². The van der Waals surface area contributed by atoms with E-state index in [2.05, 4.69) is 19.9 Å². The fraction of sp³-hybridized carbons (Fsp3) is 0.167. The van der Waals surface area contributed by atoms with Gasteiger partial charge < -0.3 is 4.98 Å². The van der Waals surface area contributed by atoms with E-state index >= 15 is 0 Å². The number of H-pyrrole nitrogens is 1. The molecule has 0 aliphatic rings. The lowest BCUT2D eigenvalue weighted by atomic mass is 10.5. The van der Waals surface area contributed by atoms with Crippen molar-refractivity contribution in [3.8, 4) is 0 Å². The average Bonchev–Trinajstić information content (AvgIpc) is 2.47. The summed E-state index contributed by atoms with van der Waals surface area (Å²) in [6.07, 6.45) is -2.20. The van der Waals surface area contributed by atoms with Crippen LogP contribution >= 0.6 is 12.4 Å². The number of hydrogen-bond acceptors (Lipinski definition) is 3. The van der Waals surface area contributed by atoms with Gasteiger partial charge in [0.05, 0.1) is 12.5 Å². The summed E-state index contributed by atoms with van der Waals surface area (Å²) in [5.41, 5.74) is 0.398. The van der Waals surface area contributed by atoms with Crippen molar-refractivity contribution in [1.29, 1.82) is 0 Å². The molecule has 0 atom stereocenters. The van der Waals surface area contributed by atoms with Crippen LogP contribution in [-0.4, -0.2) is 19.9 Å². The van der Waals surface area contributed by atoms with Crippen LogP contribution in [0.1, 0.15) is 5.82 Å². The number of aromatic amines is 1. The molecule has 0 aliphatic heterocycles. The number of halogens is 4. The molecule has 0 spiro atoms. The third-order valence-corrected chi connectivity index (χ3v) is 1.43. The van der Waals surface area contributed by atoms with Gasteiger partial charge in [-0.25, -0.2) is 15.0 Å². The highest BCUT2D eigenvalue weighted by Crippen LogP contribution is 2.26. The molecule has 14 heavy (non-hydrogen) atoms. The SMILES string of the molecule is Cl.FC(F)(F)c1ncc2[nH]cnc2n1. The van der Waals surface area contributed by atoms with E-state index in [-0.39, 0.29) is 18.1 Å². The van der Waals surface area contributed by atoms with E-state index in [1.807, 2.05) is 0 Å². The Kier molecular flexibility index (Phi) is 2.61. The second-order valence-corrected chi connectivity index (χ2v) is 2.33. The number of hydrogen-bond donors (Lipinski definition) is 1. The van der Waals surface area contributed by atoms with Crippen LogP contribution < -0.4 is 0 Å². The summed E-state index contributed by atoms with van der Waals surface area (Å²) in [7, 11) is 0. The lowest BCUT2D eigenvalue weighted by molar-refractivity contribution is -0.144. The molecule has 2 aromatic heterocycles. The minimum absolute atomic E-state index is 0. The maximum atomic E-state index is 12.1. The van der Waals surface area contributed by atoms with Crippen LogP contribution in [0.25, 0.3) is 11.2 Å². The highest BCUT2D eigenvalue weighted by molar-refractivity contribution is 5.85. The van der Waals surface area contributed by atoms with Crippen molar-refractivity contribution in [2.24, 2.45) is 0 Å². The van der Waals surface area contributed by atoms with E-state index in [4.69, 9.17) is 0 Å². The quantitative estimate of drug-likeness (QED) is 0.742. The normalized spacial score (nSPS) is 11.4. The van der Waals surface area contributed by atoms with Crippen molar-refractivity contribution in [3.05, 3.63) is 18.3 Å². The van der Waals surface area contributed by atoms with Crippen LogP contribution in [0, 0.1) is 0 Å². The Morgan fingerprint density at radius 2 is 1.93 bits per heavy atom. The number of aromatic nitrogens is 4. The molecule has 2 rings (SSSR count). The third kappa shape index (κ3) is 1.77. The zero-order valence-electron chi connectivity index (χ0n) is 6.54. The molecular weight excluding hydrogens is 221 g/mol. The molecule has 0 bridgehead atoms. The zero-order valence-corrected chi connectivity index (χ0v) is 7.35. The van der Waals surface area contributed by atoms with E-state index in [9.17, 15) is 13.2 Å². The predicted octanol–water partition coefficient (Wildman–Crippen LogP) is 1.79. The number of imidazole rings is 1. The van der Waals surface area contributed by atoms with E-state index in [0.29, 0.717) is 5.52 Å². The van der Waals surface area contributed by atoms with Crippen LogP contribution in [0.2, 0.25) is 0 Å².